The van der Waals surface area contributed by atoms with Crippen LogP contribution in [0.3, 0.4) is 0 Å². The Labute approximate surface area is 135 Å². The average molecular weight is 321 g/mol. The van der Waals surface area contributed by atoms with E-state index in [0.717, 1.165) is 32.3 Å². The van der Waals surface area contributed by atoms with Gasteiger partial charge in [-0.15, -0.1) is 0 Å². The van der Waals surface area contributed by atoms with E-state index < -0.39 is 4.92 Å². The number of ether oxygens (including phenoxy) is 1. The Morgan fingerprint density at radius 1 is 1.43 bits per heavy atom. The summed E-state index contributed by atoms with van der Waals surface area (Å²) >= 11 is 0. The van der Waals surface area contributed by atoms with Crippen LogP contribution in [0.5, 0.6) is 0 Å². The molecule has 0 unspecified atom stereocenters. The Balaban J connectivity index is 1.71. The number of hydrogen-bond donors (Lipinski definition) is 2. The lowest BCUT2D eigenvalue weighted by molar-refractivity contribution is -0.384. The fourth-order valence-electron chi connectivity index (χ4n) is 2.63. The molecule has 1 atom stereocenters. The van der Waals surface area contributed by atoms with Gasteiger partial charge < -0.3 is 15.4 Å². The number of nitrogens with one attached hydrogen (secondary N) is 2. The number of hydrogen-bond acceptors (Lipinski definition) is 4. The molecule has 2 rings (SSSR count). The minimum Gasteiger partial charge on any atom is -0.378 e. The van der Waals surface area contributed by atoms with Crippen LogP contribution < -0.4 is 10.6 Å². The van der Waals surface area contributed by atoms with E-state index in [1.807, 2.05) is 0 Å². The zero-order valence-electron chi connectivity index (χ0n) is 13.3. The summed E-state index contributed by atoms with van der Waals surface area (Å²) in [6, 6.07) is 4.06. The summed E-state index contributed by atoms with van der Waals surface area (Å²) < 4.78 is 5.64. The molecule has 1 saturated heterocycles. The van der Waals surface area contributed by atoms with Gasteiger partial charge in [-0.05, 0) is 50.7 Å². The minimum absolute atomic E-state index is 0.0148. The number of nitro benzene ring substituents is 1. The summed E-state index contributed by atoms with van der Waals surface area (Å²) in [6.07, 6.45) is 5.62. The Bertz CT molecular complexity index is 556. The third kappa shape index (κ3) is 5.52. The van der Waals surface area contributed by atoms with E-state index >= 15 is 0 Å². The molecular weight excluding hydrogens is 298 g/mol. The summed E-state index contributed by atoms with van der Waals surface area (Å²) in [6.45, 7) is 3.15. The number of carbonyl (C=O) groups excluding carboxylic acids is 1. The SMILES string of the molecule is Cc1cc([N+](=O)[O-])ccc1NC(=O)NCCC[C@@H]1CCCCO1. The normalized spacial score (nSPS) is 17.5. The summed E-state index contributed by atoms with van der Waals surface area (Å²) in [5, 5.41) is 16.2. The van der Waals surface area contributed by atoms with Gasteiger partial charge in [-0.2, -0.15) is 0 Å². The number of nitrogens with zero attached hydrogens (tertiary/aromatic N) is 1. The number of urea groups is 1. The molecule has 1 aliphatic heterocycles. The van der Waals surface area contributed by atoms with Crippen molar-refractivity contribution < 1.29 is 14.5 Å². The lowest BCUT2D eigenvalue weighted by atomic mass is 10.0. The van der Waals surface area contributed by atoms with Gasteiger partial charge in [0, 0.05) is 31.0 Å². The van der Waals surface area contributed by atoms with E-state index in [0.29, 0.717) is 23.9 Å². The first-order valence-electron chi connectivity index (χ1n) is 7.98. The molecule has 1 heterocycles. The first kappa shape index (κ1) is 17.2. The molecule has 1 fully saturated rings. The smallest absolute Gasteiger partial charge is 0.319 e. The molecule has 126 valence electrons. The topological polar surface area (TPSA) is 93.5 Å². The molecule has 0 saturated carbocycles. The molecule has 1 aromatic carbocycles. The molecule has 23 heavy (non-hydrogen) atoms. The van der Waals surface area contributed by atoms with Crippen molar-refractivity contribution in [2.75, 3.05) is 18.5 Å². The van der Waals surface area contributed by atoms with Crippen LogP contribution in [0, 0.1) is 17.0 Å². The Hall–Kier alpha value is -2.15. The van der Waals surface area contributed by atoms with Gasteiger partial charge in [-0.3, -0.25) is 10.1 Å². The van der Waals surface area contributed by atoms with Crippen molar-refractivity contribution in [2.24, 2.45) is 0 Å². The highest BCUT2D eigenvalue weighted by molar-refractivity contribution is 5.90. The van der Waals surface area contributed by atoms with Crippen LogP contribution in [0.15, 0.2) is 18.2 Å². The third-order valence-corrected chi connectivity index (χ3v) is 3.93. The number of non-ortho nitro benzene ring substituents is 1. The van der Waals surface area contributed by atoms with Gasteiger partial charge in [0.05, 0.1) is 11.0 Å². The van der Waals surface area contributed by atoms with Crippen LogP contribution in [0.25, 0.3) is 0 Å². The van der Waals surface area contributed by atoms with Crippen molar-refractivity contribution in [1.82, 2.24) is 5.32 Å². The largest absolute Gasteiger partial charge is 0.378 e. The Morgan fingerprint density at radius 2 is 2.26 bits per heavy atom. The van der Waals surface area contributed by atoms with E-state index in [-0.39, 0.29) is 11.7 Å². The summed E-state index contributed by atoms with van der Waals surface area (Å²) in [5.74, 6) is 0. The highest BCUT2D eigenvalue weighted by Crippen LogP contribution is 2.21. The highest BCUT2D eigenvalue weighted by Gasteiger charge is 2.13. The lowest BCUT2D eigenvalue weighted by Gasteiger charge is -2.22. The number of rotatable bonds is 6. The van der Waals surface area contributed by atoms with Gasteiger partial charge >= 0.3 is 6.03 Å². The predicted molar refractivity (Wildman–Crippen MR) is 87.7 cm³/mol. The number of aryl methyl sites for hydroxylation is 1. The van der Waals surface area contributed by atoms with E-state index in [1.54, 1.807) is 13.0 Å². The van der Waals surface area contributed by atoms with Crippen LogP contribution in [0.4, 0.5) is 16.2 Å². The molecule has 0 aromatic heterocycles. The molecule has 0 bridgehead atoms. The van der Waals surface area contributed by atoms with Crippen molar-refractivity contribution >= 4 is 17.4 Å². The van der Waals surface area contributed by atoms with E-state index in [4.69, 9.17) is 4.74 Å². The van der Waals surface area contributed by atoms with Gasteiger partial charge in [0.1, 0.15) is 0 Å². The summed E-state index contributed by atoms with van der Waals surface area (Å²) in [7, 11) is 0. The van der Waals surface area contributed by atoms with Crippen LogP contribution in [0.2, 0.25) is 0 Å². The fourth-order valence-corrected chi connectivity index (χ4v) is 2.63. The van der Waals surface area contributed by atoms with Crippen LogP contribution in [-0.2, 0) is 4.74 Å². The molecule has 7 heteroatoms. The monoisotopic (exact) mass is 321 g/mol. The molecule has 0 spiro atoms. The first-order valence-corrected chi connectivity index (χ1v) is 7.98. The number of benzene rings is 1. The van der Waals surface area contributed by atoms with Gasteiger partial charge in [-0.1, -0.05) is 0 Å². The summed E-state index contributed by atoms with van der Waals surface area (Å²) in [4.78, 5) is 22.1. The molecule has 1 aliphatic rings. The van der Waals surface area contributed by atoms with Crippen molar-refractivity contribution in [3.63, 3.8) is 0 Å². The number of amides is 2. The third-order valence-electron chi connectivity index (χ3n) is 3.93. The van der Waals surface area contributed by atoms with Gasteiger partial charge in [0.15, 0.2) is 0 Å². The molecule has 2 N–H and O–H groups in total. The predicted octanol–water partition coefficient (Wildman–Crippen LogP) is 3.37. The molecule has 0 aliphatic carbocycles. The summed E-state index contributed by atoms with van der Waals surface area (Å²) in [5.41, 5.74) is 1.25. The van der Waals surface area contributed by atoms with Crippen LogP contribution >= 0.6 is 0 Å². The Kier molecular flexibility index (Phi) is 6.34. The van der Waals surface area contributed by atoms with E-state index in [1.165, 1.54) is 18.6 Å². The van der Waals surface area contributed by atoms with Gasteiger partial charge in [0.2, 0.25) is 0 Å². The number of anilines is 1. The van der Waals surface area contributed by atoms with Crippen molar-refractivity contribution in [2.45, 2.75) is 45.1 Å². The zero-order chi connectivity index (χ0) is 16.7. The van der Waals surface area contributed by atoms with Crippen molar-refractivity contribution in [1.29, 1.82) is 0 Å². The lowest BCUT2D eigenvalue weighted by Crippen LogP contribution is -2.30. The second-order valence-corrected chi connectivity index (χ2v) is 5.77. The first-order chi connectivity index (χ1) is 11.1. The minimum atomic E-state index is -0.454. The van der Waals surface area contributed by atoms with Gasteiger partial charge in [0.25, 0.3) is 5.69 Å². The number of carbonyl (C=O) groups is 1. The van der Waals surface area contributed by atoms with E-state index in [9.17, 15) is 14.9 Å². The second kappa shape index (κ2) is 8.47. The fraction of sp³-hybridized carbons (Fsp3) is 0.562. The molecule has 2 amide bonds. The maximum atomic E-state index is 11.8. The standard InChI is InChI=1S/C16H23N3O4/c1-12-11-13(19(21)22)7-8-15(12)18-16(20)17-9-4-6-14-5-2-3-10-23-14/h7-8,11,14H,2-6,9-10H2,1H3,(H2,17,18,20)/t14-/m0/s1. The van der Waals surface area contributed by atoms with Crippen molar-refractivity contribution in [3.05, 3.63) is 33.9 Å². The molecule has 7 nitrogen and oxygen atoms in total. The van der Waals surface area contributed by atoms with E-state index in [2.05, 4.69) is 10.6 Å². The Morgan fingerprint density at radius 3 is 2.91 bits per heavy atom. The highest BCUT2D eigenvalue weighted by atomic mass is 16.6. The molecule has 0 radical (unpaired) electrons. The quantitative estimate of drug-likeness (QED) is 0.477. The number of nitro groups is 1. The van der Waals surface area contributed by atoms with Crippen molar-refractivity contribution in [3.8, 4) is 0 Å². The maximum Gasteiger partial charge on any atom is 0.319 e. The second-order valence-electron chi connectivity index (χ2n) is 5.77. The van der Waals surface area contributed by atoms with Crippen LogP contribution in [0.1, 0.15) is 37.7 Å². The molecular formula is C16H23N3O4. The maximum absolute atomic E-state index is 11.8. The molecule has 1 aromatic rings. The zero-order valence-corrected chi connectivity index (χ0v) is 13.3. The van der Waals surface area contributed by atoms with Crippen LogP contribution in [-0.4, -0.2) is 30.2 Å². The average Bonchev–Trinajstić information content (AvgIpc) is 2.54. The van der Waals surface area contributed by atoms with Gasteiger partial charge in [-0.25, -0.2) is 4.79 Å².